The van der Waals surface area contributed by atoms with E-state index in [4.69, 9.17) is 9.84 Å². The summed E-state index contributed by atoms with van der Waals surface area (Å²) < 4.78 is 17.9. The Morgan fingerprint density at radius 3 is 2.62 bits per heavy atom. The lowest BCUT2D eigenvalue weighted by molar-refractivity contribution is -0.138. The van der Waals surface area contributed by atoms with E-state index in [1.807, 2.05) is 0 Å². The zero-order chi connectivity index (χ0) is 11.5. The van der Waals surface area contributed by atoms with E-state index in [9.17, 15) is 9.18 Å². The van der Waals surface area contributed by atoms with E-state index in [-0.39, 0.29) is 23.4 Å². The maximum Gasteiger partial charge on any atom is 0.314 e. The van der Waals surface area contributed by atoms with Crippen LogP contribution in [0.15, 0.2) is 18.2 Å². The van der Waals surface area contributed by atoms with Crippen molar-refractivity contribution in [3.05, 3.63) is 24.0 Å². The van der Waals surface area contributed by atoms with Crippen molar-refractivity contribution >= 4 is 5.97 Å². The molecule has 1 aliphatic carbocycles. The molecule has 86 valence electrons. The van der Waals surface area contributed by atoms with Gasteiger partial charge in [0.05, 0.1) is 5.92 Å². The van der Waals surface area contributed by atoms with Gasteiger partial charge in [-0.15, -0.1) is 0 Å². The predicted molar refractivity (Wildman–Crippen MR) is 55.7 cm³/mol. The quantitative estimate of drug-likeness (QED) is 0.620. The van der Waals surface area contributed by atoms with E-state index in [0.29, 0.717) is 0 Å². The van der Waals surface area contributed by atoms with Gasteiger partial charge in [0.25, 0.3) is 0 Å². The minimum Gasteiger partial charge on any atom is -0.508 e. The number of hydrogen-bond acceptors (Lipinski definition) is 3. The fourth-order valence-electron chi connectivity index (χ4n) is 1.97. The zero-order valence-corrected chi connectivity index (χ0v) is 8.78. The van der Waals surface area contributed by atoms with Crippen molar-refractivity contribution in [2.75, 3.05) is 0 Å². The third-order valence-electron chi connectivity index (χ3n) is 2.76. The highest BCUT2D eigenvalue weighted by Gasteiger charge is 2.24. The lowest BCUT2D eigenvalue weighted by atomic mass is 10.1. The van der Waals surface area contributed by atoms with E-state index < -0.39 is 5.82 Å². The van der Waals surface area contributed by atoms with Crippen LogP contribution in [0.3, 0.4) is 0 Å². The molecule has 16 heavy (non-hydrogen) atoms. The van der Waals surface area contributed by atoms with Crippen LogP contribution in [0.4, 0.5) is 4.39 Å². The summed E-state index contributed by atoms with van der Waals surface area (Å²) in [6, 6.07) is 3.29. The van der Waals surface area contributed by atoms with Crippen LogP contribution in [-0.2, 0) is 4.79 Å². The number of phenols is 1. The zero-order valence-electron chi connectivity index (χ0n) is 8.78. The molecule has 0 aromatic heterocycles. The third-order valence-corrected chi connectivity index (χ3v) is 2.76. The lowest BCUT2D eigenvalue weighted by Gasteiger charge is -2.09. The summed E-state index contributed by atoms with van der Waals surface area (Å²) in [5.41, 5.74) is 0. The van der Waals surface area contributed by atoms with Gasteiger partial charge in [0.1, 0.15) is 17.3 Å². The first-order chi connectivity index (χ1) is 7.65. The van der Waals surface area contributed by atoms with Gasteiger partial charge in [-0.25, -0.2) is 4.39 Å². The lowest BCUT2D eigenvalue weighted by Crippen LogP contribution is -2.17. The van der Waals surface area contributed by atoms with Crippen LogP contribution >= 0.6 is 0 Å². The topological polar surface area (TPSA) is 46.5 Å². The molecule has 1 N–H and O–H groups in total. The van der Waals surface area contributed by atoms with E-state index in [0.717, 1.165) is 37.8 Å². The first-order valence-corrected chi connectivity index (χ1v) is 5.36. The number of aromatic hydroxyl groups is 1. The van der Waals surface area contributed by atoms with Crippen LogP contribution in [0.1, 0.15) is 25.7 Å². The van der Waals surface area contributed by atoms with Gasteiger partial charge in [0, 0.05) is 18.2 Å². The van der Waals surface area contributed by atoms with Gasteiger partial charge in [-0.1, -0.05) is 12.8 Å². The molecule has 0 saturated heterocycles. The Hall–Kier alpha value is -1.58. The maximum atomic E-state index is 12.9. The monoisotopic (exact) mass is 224 g/mol. The normalized spacial score (nSPS) is 16.3. The summed E-state index contributed by atoms with van der Waals surface area (Å²) in [4.78, 5) is 11.6. The first kappa shape index (κ1) is 10.9. The summed E-state index contributed by atoms with van der Waals surface area (Å²) in [7, 11) is 0. The highest BCUT2D eigenvalue weighted by atomic mass is 19.1. The standard InChI is InChI=1S/C12H13FO3/c13-9-5-10(14)7-11(6-9)16-12(15)8-3-1-2-4-8/h5-8,14H,1-4H2. The second-order valence-electron chi connectivity index (χ2n) is 4.05. The molecule has 0 amide bonds. The van der Waals surface area contributed by atoms with Crippen LogP contribution in [0.5, 0.6) is 11.5 Å². The van der Waals surface area contributed by atoms with Crippen molar-refractivity contribution in [3.63, 3.8) is 0 Å². The average molecular weight is 224 g/mol. The largest absolute Gasteiger partial charge is 0.508 e. The van der Waals surface area contributed by atoms with Crippen molar-refractivity contribution in [1.29, 1.82) is 0 Å². The van der Waals surface area contributed by atoms with Crippen molar-refractivity contribution < 1.29 is 19.0 Å². The number of ether oxygens (including phenoxy) is 1. The Balaban J connectivity index is 2.05. The molecule has 0 unspecified atom stereocenters. The second kappa shape index (κ2) is 4.51. The van der Waals surface area contributed by atoms with Gasteiger partial charge in [-0.2, -0.15) is 0 Å². The molecule has 2 rings (SSSR count). The molecule has 0 bridgehead atoms. The summed E-state index contributed by atoms with van der Waals surface area (Å²) in [6.45, 7) is 0. The van der Waals surface area contributed by atoms with Gasteiger partial charge in [0.2, 0.25) is 0 Å². The van der Waals surface area contributed by atoms with Crippen LogP contribution in [0, 0.1) is 11.7 Å². The number of hydrogen-bond donors (Lipinski definition) is 1. The van der Waals surface area contributed by atoms with Crippen molar-refractivity contribution in [2.24, 2.45) is 5.92 Å². The van der Waals surface area contributed by atoms with E-state index in [1.165, 1.54) is 6.07 Å². The summed E-state index contributed by atoms with van der Waals surface area (Å²) in [5.74, 6) is -1.20. The molecule has 1 aliphatic rings. The van der Waals surface area contributed by atoms with Crippen LogP contribution in [0.2, 0.25) is 0 Å². The first-order valence-electron chi connectivity index (χ1n) is 5.36. The van der Waals surface area contributed by atoms with Crippen LogP contribution < -0.4 is 4.74 Å². The molecule has 1 fully saturated rings. The molecule has 0 heterocycles. The molecule has 1 aromatic carbocycles. The third kappa shape index (κ3) is 2.51. The number of halogens is 1. The number of carbonyl (C=O) groups excluding carboxylic acids is 1. The molecular formula is C12H13FO3. The average Bonchev–Trinajstić information content (AvgIpc) is 2.68. The smallest absolute Gasteiger partial charge is 0.314 e. The SMILES string of the molecule is O=C(Oc1cc(O)cc(F)c1)C1CCCC1. The summed E-state index contributed by atoms with van der Waals surface area (Å²) in [6.07, 6.45) is 3.74. The van der Waals surface area contributed by atoms with Gasteiger partial charge < -0.3 is 9.84 Å². The summed E-state index contributed by atoms with van der Waals surface area (Å²) >= 11 is 0. The molecule has 1 aromatic rings. The second-order valence-corrected chi connectivity index (χ2v) is 4.05. The van der Waals surface area contributed by atoms with Crippen LogP contribution in [0.25, 0.3) is 0 Å². The predicted octanol–water partition coefficient (Wildman–Crippen LogP) is 2.63. The number of esters is 1. The van der Waals surface area contributed by atoms with Gasteiger partial charge in [-0.05, 0) is 12.8 Å². The van der Waals surface area contributed by atoms with E-state index >= 15 is 0 Å². The molecule has 4 heteroatoms. The van der Waals surface area contributed by atoms with Crippen molar-refractivity contribution in [3.8, 4) is 11.5 Å². The van der Waals surface area contributed by atoms with Crippen molar-refractivity contribution in [1.82, 2.24) is 0 Å². The highest BCUT2D eigenvalue weighted by Crippen LogP contribution is 2.28. The molecule has 3 nitrogen and oxygen atoms in total. The molecule has 0 radical (unpaired) electrons. The van der Waals surface area contributed by atoms with Gasteiger partial charge in [-0.3, -0.25) is 4.79 Å². The fourth-order valence-corrected chi connectivity index (χ4v) is 1.97. The van der Waals surface area contributed by atoms with E-state index in [2.05, 4.69) is 0 Å². The van der Waals surface area contributed by atoms with Crippen molar-refractivity contribution in [2.45, 2.75) is 25.7 Å². The molecule has 1 saturated carbocycles. The molecular weight excluding hydrogens is 211 g/mol. The Kier molecular flexibility index (Phi) is 3.08. The van der Waals surface area contributed by atoms with E-state index in [1.54, 1.807) is 0 Å². The Morgan fingerprint density at radius 1 is 1.31 bits per heavy atom. The Morgan fingerprint density at radius 2 is 2.00 bits per heavy atom. The molecule has 0 spiro atoms. The molecule has 0 aliphatic heterocycles. The number of rotatable bonds is 2. The highest BCUT2D eigenvalue weighted by molar-refractivity contribution is 5.75. The maximum absolute atomic E-state index is 12.9. The Labute approximate surface area is 92.9 Å². The van der Waals surface area contributed by atoms with Gasteiger partial charge >= 0.3 is 5.97 Å². The number of phenolic OH excluding ortho intramolecular Hbond substituents is 1. The van der Waals surface area contributed by atoms with Gasteiger partial charge in [0.15, 0.2) is 0 Å². The minimum absolute atomic E-state index is 0.0643. The molecule has 0 atom stereocenters. The number of carbonyl (C=O) groups is 1. The Bertz CT molecular complexity index is 377. The van der Waals surface area contributed by atoms with Crippen LogP contribution in [-0.4, -0.2) is 11.1 Å². The number of benzene rings is 1. The minimum atomic E-state index is -0.616. The fraction of sp³-hybridized carbons (Fsp3) is 0.417. The summed E-state index contributed by atoms with van der Waals surface area (Å²) in [5, 5.41) is 9.14.